The number of nitrogens with zero attached hydrogens (tertiary/aromatic N) is 2. The molecule has 1 unspecified atom stereocenters. The van der Waals surface area contributed by atoms with E-state index in [9.17, 15) is 13.2 Å². The minimum atomic E-state index is -2.88. The summed E-state index contributed by atoms with van der Waals surface area (Å²) in [7, 11) is -2.88. The summed E-state index contributed by atoms with van der Waals surface area (Å²) in [6, 6.07) is 0.530. The van der Waals surface area contributed by atoms with Crippen molar-refractivity contribution in [1.82, 2.24) is 9.80 Å². The predicted molar refractivity (Wildman–Crippen MR) is 91.0 cm³/mol. The molecule has 0 aromatic heterocycles. The van der Waals surface area contributed by atoms with Crippen LogP contribution < -0.4 is 0 Å². The van der Waals surface area contributed by atoms with Gasteiger partial charge >= 0.3 is 0 Å². The van der Waals surface area contributed by atoms with Crippen molar-refractivity contribution in [2.75, 3.05) is 38.2 Å². The van der Waals surface area contributed by atoms with Crippen LogP contribution in [0.1, 0.15) is 44.9 Å². The Morgan fingerprint density at radius 1 is 1.00 bits per heavy atom. The molecule has 132 valence electrons. The van der Waals surface area contributed by atoms with Crippen molar-refractivity contribution >= 4 is 15.7 Å². The van der Waals surface area contributed by atoms with Crippen LogP contribution in [0.4, 0.5) is 0 Å². The quantitative estimate of drug-likeness (QED) is 0.777. The normalized spacial score (nSPS) is 28.6. The number of amides is 1. The highest BCUT2D eigenvalue weighted by molar-refractivity contribution is 7.90. The summed E-state index contributed by atoms with van der Waals surface area (Å²) in [4.78, 5) is 16.9. The number of rotatable bonds is 4. The van der Waals surface area contributed by atoms with Gasteiger partial charge in [0.2, 0.25) is 5.91 Å². The maximum absolute atomic E-state index is 12.3. The number of piperidine rings is 2. The topological polar surface area (TPSA) is 57.7 Å². The Hall–Kier alpha value is -0.620. The third kappa shape index (κ3) is 4.47. The Kier molecular flexibility index (Phi) is 5.31. The van der Waals surface area contributed by atoms with Crippen LogP contribution >= 0.6 is 0 Å². The Morgan fingerprint density at radius 3 is 2.26 bits per heavy atom. The average molecular weight is 343 g/mol. The van der Waals surface area contributed by atoms with Crippen LogP contribution in [-0.2, 0) is 14.6 Å². The van der Waals surface area contributed by atoms with E-state index >= 15 is 0 Å². The maximum Gasteiger partial charge on any atom is 0.225 e. The molecule has 1 atom stereocenters. The molecule has 0 aromatic carbocycles. The fraction of sp³-hybridized carbons (Fsp3) is 0.941. The summed E-state index contributed by atoms with van der Waals surface area (Å²) in [5, 5.41) is 0. The lowest BCUT2D eigenvalue weighted by Crippen LogP contribution is -2.51. The second kappa shape index (κ2) is 7.09. The summed E-state index contributed by atoms with van der Waals surface area (Å²) >= 11 is 0. The molecule has 2 aliphatic heterocycles. The number of hydrogen-bond donors (Lipinski definition) is 0. The Bertz CT molecular complexity index is 522. The van der Waals surface area contributed by atoms with Crippen LogP contribution in [0.3, 0.4) is 0 Å². The maximum atomic E-state index is 12.3. The first-order chi connectivity index (χ1) is 10.9. The SMILES string of the molecule is CS(=O)(=O)CC1CCCN(C2CCN(C(=O)C3CCC3)CC2)C1. The highest BCUT2D eigenvalue weighted by Crippen LogP contribution is 2.30. The van der Waals surface area contributed by atoms with Crippen LogP contribution in [0, 0.1) is 11.8 Å². The zero-order chi connectivity index (χ0) is 16.4. The van der Waals surface area contributed by atoms with Gasteiger partial charge in [0.15, 0.2) is 0 Å². The Labute approximate surface area is 140 Å². The number of carbonyl (C=O) groups excluding carboxylic acids is 1. The number of hydrogen-bond acceptors (Lipinski definition) is 4. The van der Waals surface area contributed by atoms with Crippen molar-refractivity contribution in [3.63, 3.8) is 0 Å². The molecule has 3 rings (SSSR count). The van der Waals surface area contributed by atoms with Crippen molar-refractivity contribution in [2.45, 2.75) is 51.0 Å². The van der Waals surface area contributed by atoms with Gasteiger partial charge in [0.25, 0.3) is 0 Å². The molecular formula is C17H30N2O3S. The summed E-state index contributed by atoms with van der Waals surface area (Å²) < 4.78 is 23.1. The van der Waals surface area contributed by atoms with Crippen molar-refractivity contribution in [3.8, 4) is 0 Å². The first-order valence-corrected chi connectivity index (χ1v) is 11.2. The molecule has 1 aliphatic carbocycles. The monoisotopic (exact) mass is 342 g/mol. The largest absolute Gasteiger partial charge is 0.342 e. The zero-order valence-corrected chi connectivity index (χ0v) is 15.1. The molecule has 23 heavy (non-hydrogen) atoms. The van der Waals surface area contributed by atoms with Gasteiger partial charge in [0.05, 0.1) is 5.75 Å². The summed E-state index contributed by atoms with van der Waals surface area (Å²) in [6.45, 7) is 3.76. The van der Waals surface area contributed by atoms with Gasteiger partial charge in [-0.3, -0.25) is 9.69 Å². The van der Waals surface area contributed by atoms with E-state index in [1.54, 1.807) is 0 Å². The molecule has 3 fully saturated rings. The second-order valence-corrected chi connectivity index (χ2v) is 9.96. The first-order valence-electron chi connectivity index (χ1n) is 9.13. The van der Waals surface area contributed by atoms with Gasteiger partial charge in [-0.05, 0) is 51.0 Å². The molecular weight excluding hydrogens is 312 g/mol. The molecule has 2 heterocycles. The average Bonchev–Trinajstić information content (AvgIpc) is 2.44. The Balaban J connectivity index is 1.48. The van der Waals surface area contributed by atoms with E-state index in [-0.39, 0.29) is 5.92 Å². The minimum absolute atomic E-state index is 0.286. The molecule has 0 bridgehead atoms. The van der Waals surface area contributed by atoms with Crippen molar-refractivity contribution in [3.05, 3.63) is 0 Å². The molecule has 2 saturated heterocycles. The minimum Gasteiger partial charge on any atom is -0.342 e. The van der Waals surface area contributed by atoms with E-state index in [0.717, 1.165) is 64.7 Å². The van der Waals surface area contributed by atoms with E-state index in [1.807, 2.05) is 0 Å². The third-order valence-electron chi connectivity index (χ3n) is 5.84. The fourth-order valence-electron chi connectivity index (χ4n) is 4.36. The lowest BCUT2D eigenvalue weighted by atomic mass is 9.84. The standard InChI is InChI=1S/C17H30N2O3S/c1-23(21,22)13-14-4-3-9-19(12-14)16-7-10-18(11-8-16)17(20)15-5-2-6-15/h14-16H,2-13H2,1H3. The van der Waals surface area contributed by atoms with E-state index in [1.165, 1.54) is 12.7 Å². The number of sulfone groups is 1. The van der Waals surface area contributed by atoms with Gasteiger partial charge in [-0.15, -0.1) is 0 Å². The van der Waals surface area contributed by atoms with Crippen LogP contribution in [-0.4, -0.2) is 68.4 Å². The number of likely N-dealkylation sites (tertiary alicyclic amines) is 2. The molecule has 0 N–H and O–H groups in total. The molecule has 0 spiro atoms. The molecule has 5 nitrogen and oxygen atoms in total. The lowest BCUT2D eigenvalue weighted by Gasteiger charge is -2.43. The van der Waals surface area contributed by atoms with Gasteiger partial charge in [-0.2, -0.15) is 0 Å². The molecule has 0 radical (unpaired) electrons. The van der Waals surface area contributed by atoms with Crippen LogP contribution in [0.5, 0.6) is 0 Å². The van der Waals surface area contributed by atoms with Crippen molar-refractivity contribution in [1.29, 1.82) is 0 Å². The second-order valence-electron chi connectivity index (χ2n) is 7.78. The van der Waals surface area contributed by atoms with Gasteiger partial charge in [0.1, 0.15) is 9.84 Å². The van der Waals surface area contributed by atoms with E-state index < -0.39 is 9.84 Å². The molecule has 1 saturated carbocycles. The molecule has 1 amide bonds. The van der Waals surface area contributed by atoms with Gasteiger partial charge < -0.3 is 4.90 Å². The summed E-state index contributed by atoms with van der Waals surface area (Å²) in [5.74, 6) is 1.29. The smallest absolute Gasteiger partial charge is 0.225 e. The molecule has 0 aromatic rings. The van der Waals surface area contributed by atoms with Crippen LogP contribution in [0.15, 0.2) is 0 Å². The fourth-order valence-corrected chi connectivity index (χ4v) is 5.49. The summed E-state index contributed by atoms with van der Waals surface area (Å²) in [5.41, 5.74) is 0. The predicted octanol–water partition coefficient (Wildman–Crippen LogP) is 1.53. The Morgan fingerprint density at radius 2 is 1.70 bits per heavy atom. The van der Waals surface area contributed by atoms with Crippen LogP contribution in [0.2, 0.25) is 0 Å². The first kappa shape index (κ1) is 17.2. The van der Waals surface area contributed by atoms with Gasteiger partial charge in [0, 0.05) is 37.8 Å². The van der Waals surface area contributed by atoms with E-state index in [0.29, 0.717) is 23.6 Å². The molecule has 6 heteroatoms. The van der Waals surface area contributed by atoms with Crippen LogP contribution in [0.25, 0.3) is 0 Å². The van der Waals surface area contributed by atoms with E-state index in [4.69, 9.17) is 0 Å². The number of carbonyl (C=O) groups is 1. The third-order valence-corrected chi connectivity index (χ3v) is 6.91. The van der Waals surface area contributed by atoms with Gasteiger partial charge in [-0.1, -0.05) is 6.42 Å². The van der Waals surface area contributed by atoms with Crippen molar-refractivity contribution < 1.29 is 13.2 Å². The van der Waals surface area contributed by atoms with E-state index in [2.05, 4.69) is 9.80 Å². The van der Waals surface area contributed by atoms with Gasteiger partial charge in [-0.25, -0.2) is 8.42 Å². The lowest BCUT2D eigenvalue weighted by molar-refractivity contribution is -0.139. The highest BCUT2D eigenvalue weighted by atomic mass is 32.2. The molecule has 3 aliphatic rings. The zero-order valence-electron chi connectivity index (χ0n) is 14.2. The summed E-state index contributed by atoms with van der Waals surface area (Å²) in [6.07, 6.45) is 8.94. The van der Waals surface area contributed by atoms with Crippen molar-refractivity contribution in [2.24, 2.45) is 11.8 Å². The highest BCUT2D eigenvalue weighted by Gasteiger charge is 2.34.